The molecule has 0 fully saturated rings. The van der Waals surface area contributed by atoms with E-state index in [2.05, 4.69) is 0 Å². The van der Waals surface area contributed by atoms with Gasteiger partial charge in [0.1, 0.15) is 12.2 Å². The minimum atomic E-state index is -1.11. The van der Waals surface area contributed by atoms with E-state index in [4.69, 9.17) is 0 Å². The van der Waals surface area contributed by atoms with Gasteiger partial charge in [-0.1, -0.05) is 48.5 Å². The number of nitrogens with zero attached hydrogens (tertiary/aromatic N) is 1. The molecule has 92 valence electrons. The number of para-hydroxylation sites is 1. The Morgan fingerprint density at radius 1 is 1.00 bits per heavy atom. The molecule has 0 radical (unpaired) electrons. The van der Waals surface area contributed by atoms with E-state index in [1.54, 1.807) is 19.2 Å². The first-order chi connectivity index (χ1) is 8.63. The van der Waals surface area contributed by atoms with Crippen LogP contribution in [0.15, 0.2) is 60.7 Å². The van der Waals surface area contributed by atoms with Gasteiger partial charge in [0.15, 0.2) is 0 Å². The lowest BCUT2D eigenvalue weighted by atomic mass is 10.1. The quantitative estimate of drug-likeness (QED) is 0.773. The maximum atomic E-state index is 11.5. The predicted octanol–water partition coefficient (Wildman–Crippen LogP) is 2.17. The van der Waals surface area contributed by atoms with Gasteiger partial charge in [0.2, 0.25) is 0 Å². The predicted molar refractivity (Wildman–Crippen MR) is 69.7 cm³/mol. The number of carbonyl (C=O) groups excluding carboxylic acids is 1. The number of amides is 1. The molecule has 0 N–H and O–H groups in total. The third-order valence-electron chi connectivity index (χ3n) is 3.07. The second-order valence-electron chi connectivity index (χ2n) is 4.44. The summed E-state index contributed by atoms with van der Waals surface area (Å²) in [4.78, 5) is 11.5. The number of benzene rings is 2. The first-order valence-corrected chi connectivity index (χ1v) is 5.79. The van der Waals surface area contributed by atoms with E-state index in [1.165, 1.54) is 0 Å². The molecule has 0 spiro atoms. The second kappa shape index (κ2) is 5.02. The SMILES string of the molecule is C[N+](Cc1ccccc1)(C(=O)[O-])c1ccccc1. The molecule has 1 atom stereocenters. The van der Waals surface area contributed by atoms with Crippen molar-refractivity contribution in [3.8, 4) is 0 Å². The number of quaternary nitrogens is 1. The summed E-state index contributed by atoms with van der Waals surface area (Å²) in [6.45, 7) is 0.368. The van der Waals surface area contributed by atoms with Crippen molar-refractivity contribution < 1.29 is 9.90 Å². The molecule has 3 heteroatoms. The Bertz CT molecular complexity index is 525. The monoisotopic (exact) mass is 241 g/mol. The van der Waals surface area contributed by atoms with Crippen LogP contribution in [0, 0.1) is 0 Å². The fraction of sp³-hybridized carbons (Fsp3) is 0.133. The lowest BCUT2D eigenvalue weighted by Crippen LogP contribution is -2.56. The van der Waals surface area contributed by atoms with Crippen molar-refractivity contribution in [1.82, 2.24) is 4.48 Å². The van der Waals surface area contributed by atoms with Gasteiger partial charge in [-0.15, -0.1) is 0 Å². The molecule has 0 aliphatic heterocycles. The van der Waals surface area contributed by atoms with Crippen LogP contribution < -0.4 is 9.59 Å². The summed E-state index contributed by atoms with van der Waals surface area (Å²) in [6.07, 6.45) is -1.11. The molecule has 1 amide bonds. The Kier molecular flexibility index (Phi) is 3.44. The van der Waals surface area contributed by atoms with Gasteiger partial charge in [0.05, 0.1) is 7.05 Å². The first kappa shape index (κ1) is 12.3. The van der Waals surface area contributed by atoms with E-state index in [-0.39, 0.29) is 4.48 Å². The highest BCUT2D eigenvalue weighted by Gasteiger charge is 2.27. The molecule has 0 saturated heterocycles. The third kappa shape index (κ3) is 2.41. The van der Waals surface area contributed by atoms with E-state index in [1.807, 2.05) is 48.5 Å². The Hall–Kier alpha value is -2.13. The average Bonchev–Trinajstić information content (AvgIpc) is 2.40. The van der Waals surface area contributed by atoms with Gasteiger partial charge in [0.25, 0.3) is 6.09 Å². The topological polar surface area (TPSA) is 40.1 Å². The van der Waals surface area contributed by atoms with Gasteiger partial charge in [-0.3, -0.25) is 0 Å². The number of rotatable bonds is 3. The van der Waals surface area contributed by atoms with Crippen LogP contribution in [0.4, 0.5) is 10.5 Å². The summed E-state index contributed by atoms with van der Waals surface area (Å²) < 4.78 is -0.259. The Balaban J connectivity index is 2.37. The molecule has 3 nitrogen and oxygen atoms in total. The second-order valence-corrected chi connectivity index (χ2v) is 4.44. The number of hydrogen-bond donors (Lipinski definition) is 0. The number of carboxylic acid groups (broad SMARTS) is 1. The zero-order valence-electron chi connectivity index (χ0n) is 10.2. The Morgan fingerprint density at radius 3 is 2.00 bits per heavy atom. The Labute approximate surface area is 107 Å². The standard InChI is InChI=1S/C15H15NO2/c1-16(15(17)18,14-10-6-3-7-11-14)12-13-8-4-2-5-9-13/h2-11H,12H2,1H3. The summed E-state index contributed by atoms with van der Waals surface area (Å²) >= 11 is 0. The van der Waals surface area contributed by atoms with Gasteiger partial charge < -0.3 is 9.90 Å². The van der Waals surface area contributed by atoms with Gasteiger partial charge in [-0.25, -0.2) is 4.48 Å². The number of carbonyl (C=O) groups is 1. The minimum Gasteiger partial charge on any atom is -0.498 e. The molecule has 0 bridgehead atoms. The normalized spacial score (nSPS) is 13.8. The van der Waals surface area contributed by atoms with Crippen molar-refractivity contribution in [2.75, 3.05) is 7.05 Å². The Morgan fingerprint density at radius 2 is 1.50 bits per heavy atom. The molecule has 18 heavy (non-hydrogen) atoms. The molecule has 1 unspecified atom stereocenters. The zero-order chi connectivity index (χ0) is 13.0. The minimum absolute atomic E-state index is 0.259. The van der Waals surface area contributed by atoms with Crippen molar-refractivity contribution in [3.63, 3.8) is 0 Å². The van der Waals surface area contributed by atoms with Gasteiger partial charge in [0, 0.05) is 5.56 Å². The van der Waals surface area contributed by atoms with Gasteiger partial charge in [-0.05, 0) is 12.1 Å². The van der Waals surface area contributed by atoms with Crippen molar-refractivity contribution >= 4 is 11.8 Å². The molecular weight excluding hydrogens is 226 g/mol. The van der Waals surface area contributed by atoms with Crippen LogP contribution in [0.2, 0.25) is 0 Å². The van der Waals surface area contributed by atoms with Gasteiger partial charge >= 0.3 is 0 Å². The van der Waals surface area contributed by atoms with E-state index in [0.717, 1.165) is 5.56 Å². The molecule has 0 saturated carbocycles. The molecule has 0 aromatic heterocycles. The van der Waals surface area contributed by atoms with Crippen LogP contribution in [-0.4, -0.2) is 13.1 Å². The maximum Gasteiger partial charge on any atom is 0.262 e. The summed E-state index contributed by atoms with van der Waals surface area (Å²) in [5.74, 6) is 0. The summed E-state index contributed by atoms with van der Waals surface area (Å²) in [5, 5.41) is 11.5. The van der Waals surface area contributed by atoms with Crippen molar-refractivity contribution in [2.24, 2.45) is 0 Å². The molecule has 2 rings (SSSR count). The summed E-state index contributed by atoms with van der Waals surface area (Å²) in [7, 11) is 1.65. The van der Waals surface area contributed by atoms with Crippen LogP contribution >= 0.6 is 0 Å². The summed E-state index contributed by atoms with van der Waals surface area (Å²) in [5.41, 5.74) is 1.68. The van der Waals surface area contributed by atoms with Crippen LogP contribution in [0.5, 0.6) is 0 Å². The highest BCUT2D eigenvalue weighted by Crippen LogP contribution is 2.23. The third-order valence-corrected chi connectivity index (χ3v) is 3.07. The van der Waals surface area contributed by atoms with Crippen LogP contribution in [0.3, 0.4) is 0 Å². The lowest BCUT2D eigenvalue weighted by molar-refractivity contribution is -0.263. The maximum absolute atomic E-state index is 11.5. The highest BCUT2D eigenvalue weighted by atomic mass is 16.4. The van der Waals surface area contributed by atoms with E-state index < -0.39 is 6.09 Å². The largest absolute Gasteiger partial charge is 0.498 e. The molecule has 0 aliphatic rings. The molecule has 2 aromatic rings. The average molecular weight is 241 g/mol. The number of hydrogen-bond acceptors (Lipinski definition) is 2. The molecule has 0 heterocycles. The van der Waals surface area contributed by atoms with Crippen LogP contribution in [-0.2, 0) is 6.54 Å². The van der Waals surface area contributed by atoms with Crippen LogP contribution in [0.25, 0.3) is 0 Å². The smallest absolute Gasteiger partial charge is 0.262 e. The molecular formula is C15H15NO2. The van der Waals surface area contributed by atoms with Crippen molar-refractivity contribution in [3.05, 3.63) is 66.2 Å². The molecule has 0 aliphatic carbocycles. The van der Waals surface area contributed by atoms with Crippen LogP contribution in [0.1, 0.15) is 5.56 Å². The van der Waals surface area contributed by atoms with Crippen molar-refractivity contribution in [1.29, 1.82) is 0 Å². The zero-order valence-corrected chi connectivity index (χ0v) is 10.2. The van der Waals surface area contributed by atoms with Crippen molar-refractivity contribution in [2.45, 2.75) is 6.54 Å². The van der Waals surface area contributed by atoms with Gasteiger partial charge in [-0.2, -0.15) is 0 Å². The highest BCUT2D eigenvalue weighted by molar-refractivity contribution is 5.78. The van der Waals surface area contributed by atoms with E-state index >= 15 is 0 Å². The first-order valence-electron chi connectivity index (χ1n) is 5.79. The summed E-state index contributed by atoms with van der Waals surface area (Å²) in [6, 6.07) is 18.7. The fourth-order valence-corrected chi connectivity index (χ4v) is 1.97. The fourth-order valence-electron chi connectivity index (χ4n) is 1.97. The van der Waals surface area contributed by atoms with E-state index in [9.17, 15) is 9.90 Å². The molecule has 2 aromatic carbocycles. The lowest BCUT2D eigenvalue weighted by Gasteiger charge is -2.33. The van der Waals surface area contributed by atoms with E-state index in [0.29, 0.717) is 12.2 Å².